The highest BCUT2D eigenvalue weighted by atomic mass is 35.5. The number of hydrogen-bond acceptors (Lipinski definition) is 6. The average Bonchev–Trinajstić information content (AvgIpc) is 2.61. The number of fused-ring (bicyclic) bond motifs is 2. The van der Waals surface area contributed by atoms with Crippen LogP contribution in [0.2, 0.25) is 5.28 Å². The molecular weight excluding hydrogens is 342 g/mol. The maximum Gasteiger partial charge on any atom is 0.269 e. The zero-order valence-corrected chi connectivity index (χ0v) is 13.9. The van der Waals surface area contributed by atoms with Gasteiger partial charge in [-0.1, -0.05) is 6.07 Å². The van der Waals surface area contributed by atoms with Gasteiger partial charge in [-0.3, -0.25) is 15.1 Å². The predicted octanol–water partition coefficient (Wildman–Crippen LogP) is 4.08. The molecule has 2 aromatic heterocycles. The number of aromatic nitrogens is 3. The third-order valence-corrected chi connectivity index (χ3v) is 4.56. The summed E-state index contributed by atoms with van der Waals surface area (Å²) >= 11 is 6.03. The molecule has 8 heteroatoms. The van der Waals surface area contributed by atoms with E-state index in [2.05, 4.69) is 20.3 Å². The van der Waals surface area contributed by atoms with Crippen molar-refractivity contribution in [2.24, 2.45) is 0 Å². The fraction of sp³-hybridized carbons (Fsp3) is 0.235. The van der Waals surface area contributed by atoms with Gasteiger partial charge in [-0.05, 0) is 54.1 Å². The van der Waals surface area contributed by atoms with Crippen molar-refractivity contribution in [2.45, 2.75) is 25.3 Å². The number of benzene rings is 1. The standard InChI is InChI=1S/C17H14ClN5O2/c18-17-21-14-5-2-8-19-15(14)16(22-17)20-13-4-1-3-10-6-7-11(23(24)25)9-12(10)13/h2,5-9,13H,1,3-4H2,(H,20,21,22). The molecule has 1 aliphatic rings. The summed E-state index contributed by atoms with van der Waals surface area (Å²) in [5, 5.41) is 14.6. The molecule has 126 valence electrons. The number of nitrogens with zero attached hydrogens (tertiary/aromatic N) is 4. The average molecular weight is 356 g/mol. The van der Waals surface area contributed by atoms with Crippen molar-refractivity contribution in [1.82, 2.24) is 15.0 Å². The number of pyridine rings is 1. The van der Waals surface area contributed by atoms with Crippen molar-refractivity contribution < 1.29 is 4.92 Å². The van der Waals surface area contributed by atoms with Crippen LogP contribution in [-0.2, 0) is 6.42 Å². The maximum absolute atomic E-state index is 11.1. The van der Waals surface area contributed by atoms with E-state index in [0.717, 1.165) is 30.4 Å². The molecule has 0 radical (unpaired) electrons. The molecule has 1 atom stereocenters. The highest BCUT2D eigenvalue weighted by Gasteiger charge is 2.24. The Bertz CT molecular complexity index is 978. The number of nitro benzene ring substituents is 1. The lowest BCUT2D eigenvalue weighted by Crippen LogP contribution is -2.18. The minimum absolute atomic E-state index is 0.0835. The molecular formula is C17H14ClN5O2. The Kier molecular flexibility index (Phi) is 3.93. The third-order valence-electron chi connectivity index (χ3n) is 4.39. The summed E-state index contributed by atoms with van der Waals surface area (Å²) in [5.74, 6) is 0.542. The van der Waals surface area contributed by atoms with Gasteiger partial charge >= 0.3 is 0 Å². The van der Waals surface area contributed by atoms with Gasteiger partial charge in [0, 0.05) is 18.3 Å². The second-order valence-electron chi connectivity index (χ2n) is 5.94. The first-order valence-corrected chi connectivity index (χ1v) is 8.31. The Morgan fingerprint density at radius 2 is 2.16 bits per heavy atom. The van der Waals surface area contributed by atoms with E-state index in [1.807, 2.05) is 12.1 Å². The van der Waals surface area contributed by atoms with Gasteiger partial charge < -0.3 is 5.32 Å². The molecule has 25 heavy (non-hydrogen) atoms. The first-order valence-electron chi connectivity index (χ1n) is 7.94. The van der Waals surface area contributed by atoms with Crippen molar-refractivity contribution in [3.05, 3.63) is 63.1 Å². The summed E-state index contributed by atoms with van der Waals surface area (Å²) in [4.78, 5) is 23.5. The van der Waals surface area contributed by atoms with Crippen molar-refractivity contribution in [3.8, 4) is 0 Å². The number of nitrogens with one attached hydrogen (secondary N) is 1. The van der Waals surface area contributed by atoms with Gasteiger partial charge in [0.25, 0.3) is 5.69 Å². The number of anilines is 1. The van der Waals surface area contributed by atoms with Gasteiger partial charge in [0.05, 0.1) is 16.5 Å². The predicted molar refractivity (Wildman–Crippen MR) is 94.7 cm³/mol. The molecule has 2 heterocycles. The fourth-order valence-electron chi connectivity index (χ4n) is 3.25. The molecule has 0 fully saturated rings. The van der Waals surface area contributed by atoms with Gasteiger partial charge in [-0.25, -0.2) is 4.98 Å². The van der Waals surface area contributed by atoms with Crippen LogP contribution >= 0.6 is 11.6 Å². The largest absolute Gasteiger partial charge is 0.361 e. The number of aryl methyl sites for hydroxylation is 1. The van der Waals surface area contributed by atoms with Crippen LogP contribution in [0.15, 0.2) is 36.5 Å². The van der Waals surface area contributed by atoms with Crippen LogP contribution in [-0.4, -0.2) is 19.9 Å². The Hall–Kier alpha value is -2.80. The van der Waals surface area contributed by atoms with E-state index in [-0.39, 0.29) is 21.9 Å². The molecule has 0 saturated heterocycles. The molecule has 1 unspecified atom stereocenters. The maximum atomic E-state index is 11.1. The van der Waals surface area contributed by atoms with Gasteiger partial charge in [-0.2, -0.15) is 4.98 Å². The van der Waals surface area contributed by atoms with Crippen LogP contribution in [0.5, 0.6) is 0 Å². The Balaban J connectivity index is 1.76. The zero-order chi connectivity index (χ0) is 17.4. The van der Waals surface area contributed by atoms with Gasteiger partial charge in [-0.15, -0.1) is 0 Å². The van der Waals surface area contributed by atoms with Crippen LogP contribution in [0.25, 0.3) is 11.0 Å². The van der Waals surface area contributed by atoms with Crippen molar-refractivity contribution in [1.29, 1.82) is 0 Å². The van der Waals surface area contributed by atoms with Crippen molar-refractivity contribution in [3.63, 3.8) is 0 Å². The van der Waals surface area contributed by atoms with E-state index in [1.165, 1.54) is 0 Å². The Morgan fingerprint density at radius 3 is 3.00 bits per heavy atom. The van der Waals surface area contributed by atoms with Crippen molar-refractivity contribution >= 4 is 34.1 Å². The van der Waals surface area contributed by atoms with Crippen LogP contribution < -0.4 is 5.32 Å². The summed E-state index contributed by atoms with van der Waals surface area (Å²) in [6.45, 7) is 0. The minimum Gasteiger partial charge on any atom is -0.361 e. The van der Waals surface area contributed by atoms with E-state index in [4.69, 9.17) is 11.6 Å². The molecule has 0 aliphatic heterocycles. The molecule has 0 saturated carbocycles. The van der Waals surface area contributed by atoms with E-state index >= 15 is 0 Å². The smallest absolute Gasteiger partial charge is 0.269 e. The summed E-state index contributed by atoms with van der Waals surface area (Å²) in [6, 6.07) is 8.56. The summed E-state index contributed by atoms with van der Waals surface area (Å²) < 4.78 is 0. The number of hydrogen-bond donors (Lipinski definition) is 1. The number of halogens is 1. The number of rotatable bonds is 3. The second kappa shape index (κ2) is 6.25. The van der Waals surface area contributed by atoms with E-state index in [0.29, 0.717) is 16.9 Å². The van der Waals surface area contributed by atoms with Crippen LogP contribution in [0, 0.1) is 10.1 Å². The summed E-state index contributed by atoms with van der Waals surface area (Å²) in [7, 11) is 0. The number of non-ortho nitro benzene ring substituents is 1. The van der Waals surface area contributed by atoms with Gasteiger partial charge in [0.2, 0.25) is 5.28 Å². The van der Waals surface area contributed by atoms with Gasteiger partial charge in [0.15, 0.2) is 5.82 Å². The molecule has 1 aromatic carbocycles. The summed E-state index contributed by atoms with van der Waals surface area (Å²) in [5.41, 5.74) is 3.42. The van der Waals surface area contributed by atoms with E-state index < -0.39 is 0 Å². The lowest BCUT2D eigenvalue weighted by molar-refractivity contribution is -0.385. The number of nitro groups is 1. The van der Waals surface area contributed by atoms with Crippen LogP contribution in [0.3, 0.4) is 0 Å². The first-order chi connectivity index (χ1) is 12.1. The van der Waals surface area contributed by atoms with E-state index in [1.54, 1.807) is 24.4 Å². The quantitative estimate of drug-likeness (QED) is 0.432. The monoisotopic (exact) mass is 355 g/mol. The minimum atomic E-state index is -0.371. The lowest BCUT2D eigenvalue weighted by atomic mass is 9.87. The Morgan fingerprint density at radius 1 is 1.28 bits per heavy atom. The highest BCUT2D eigenvalue weighted by Crippen LogP contribution is 2.35. The topological polar surface area (TPSA) is 93.8 Å². The zero-order valence-electron chi connectivity index (χ0n) is 13.1. The SMILES string of the molecule is O=[N+]([O-])c1ccc2c(c1)C(Nc1nc(Cl)nc3cccnc13)CCC2. The van der Waals surface area contributed by atoms with Gasteiger partial charge in [0.1, 0.15) is 5.52 Å². The van der Waals surface area contributed by atoms with E-state index in [9.17, 15) is 10.1 Å². The molecule has 7 nitrogen and oxygen atoms in total. The molecule has 0 spiro atoms. The fourth-order valence-corrected chi connectivity index (χ4v) is 3.43. The second-order valence-corrected chi connectivity index (χ2v) is 6.28. The summed E-state index contributed by atoms with van der Waals surface area (Å²) in [6.07, 6.45) is 4.43. The molecule has 4 rings (SSSR count). The Labute approximate surface area is 148 Å². The highest BCUT2D eigenvalue weighted by molar-refractivity contribution is 6.28. The van der Waals surface area contributed by atoms with Crippen LogP contribution in [0.4, 0.5) is 11.5 Å². The van der Waals surface area contributed by atoms with Crippen LogP contribution in [0.1, 0.15) is 30.0 Å². The normalized spacial score (nSPS) is 16.4. The molecule has 1 aliphatic carbocycles. The van der Waals surface area contributed by atoms with Crippen molar-refractivity contribution in [2.75, 3.05) is 5.32 Å². The molecule has 0 amide bonds. The molecule has 0 bridgehead atoms. The molecule has 3 aromatic rings. The molecule has 1 N–H and O–H groups in total. The lowest BCUT2D eigenvalue weighted by Gasteiger charge is -2.26. The first kappa shape index (κ1) is 15.7. The third kappa shape index (κ3) is 2.98.